The van der Waals surface area contributed by atoms with Crippen molar-refractivity contribution in [1.82, 2.24) is 19.9 Å². The van der Waals surface area contributed by atoms with Crippen molar-refractivity contribution in [2.24, 2.45) is 0 Å². The molecule has 2 heterocycles. The Morgan fingerprint density at radius 1 is 1.15 bits per heavy atom. The van der Waals surface area contributed by atoms with Gasteiger partial charge in [-0.15, -0.1) is 0 Å². The molecule has 0 aliphatic heterocycles. The van der Waals surface area contributed by atoms with Crippen LogP contribution < -0.4 is 5.32 Å². The van der Waals surface area contributed by atoms with Crippen LogP contribution in [0.15, 0.2) is 42.5 Å². The average molecular weight is 352 g/mol. The van der Waals surface area contributed by atoms with Gasteiger partial charge in [-0.2, -0.15) is 5.10 Å². The Morgan fingerprint density at radius 3 is 2.77 bits per heavy atom. The highest BCUT2D eigenvalue weighted by molar-refractivity contribution is 5.62. The molecule has 3 aromatic rings. The maximum absolute atomic E-state index is 5.79. The molecule has 1 aliphatic carbocycles. The summed E-state index contributed by atoms with van der Waals surface area (Å²) in [6, 6.07) is 14.9. The fourth-order valence-corrected chi connectivity index (χ4v) is 3.64. The highest BCUT2D eigenvalue weighted by Crippen LogP contribution is 2.20. The molecule has 0 bridgehead atoms. The Kier molecular flexibility index (Phi) is 5.27. The smallest absolute Gasteiger partial charge is 0.156 e. The first-order valence-corrected chi connectivity index (χ1v) is 9.52. The molecule has 2 aromatic heterocycles. The number of fused-ring (bicyclic) bond motifs is 1. The quantitative estimate of drug-likeness (QED) is 0.529. The molecule has 26 heavy (non-hydrogen) atoms. The summed E-state index contributed by atoms with van der Waals surface area (Å²) in [4.78, 5) is 4.76. The predicted octanol–water partition coefficient (Wildman–Crippen LogP) is 4.35. The number of benzene rings is 1. The van der Waals surface area contributed by atoms with Crippen LogP contribution in [-0.2, 0) is 11.3 Å². The van der Waals surface area contributed by atoms with Crippen molar-refractivity contribution in [2.45, 2.75) is 51.7 Å². The molecule has 0 unspecified atom stereocenters. The van der Waals surface area contributed by atoms with Crippen molar-refractivity contribution in [3.05, 3.63) is 53.9 Å². The van der Waals surface area contributed by atoms with E-state index < -0.39 is 0 Å². The van der Waals surface area contributed by atoms with Gasteiger partial charge in [-0.1, -0.05) is 49.6 Å². The Bertz CT molecular complexity index is 859. The maximum atomic E-state index is 5.79. The number of rotatable bonds is 6. The minimum atomic E-state index is 0. The second kappa shape index (κ2) is 7.98. The fourth-order valence-electron chi connectivity index (χ4n) is 3.64. The van der Waals surface area contributed by atoms with Gasteiger partial charge in [-0.05, 0) is 25.8 Å². The molecular weight excluding hydrogens is 324 g/mol. The van der Waals surface area contributed by atoms with Crippen LogP contribution in [-0.4, -0.2) is 27.4 Å². The van der Waals surface area contributed by atoms with Crippen molar-refractivity contribution < 1.29 is 6.16 Å². The van der Waals surface area contributed by atoms with Crippen molar-refractivity contribution in [3.63, 3.8) is 0 Å². The van der Waals surface area contributed by atoms with E-state index in [1.807, 2.05) is 28.8 Å². The molecule has 1 fully saturated rings. The molecular formula is C21H28N4O. The number of nitrogens with zero attached hydrogens (tertiary/aromatic N) is 3. The topological polar surface area (TPSA) is 51.5 Å². The first-order chi connectivity index (χ1) is 12.8. The van der Waals surface area contributed by atoms with Crippen molar-refractivity contribution in [2.75, 3.05) is 6.73 Å². The van der Waals surface area contributed by atoms with E-state index in [1.165, 1.54) is 32.1 Å². The molecule has 5 heteroatoms. The Morgan fingerprint density at radius 2 is 1.96 bits per heavy atom. The van der Waals surface area contributed by atoms with E-state index in [-0.39, 0.29) is 1.43 Å². The third kappa shape index (κ3) is 3.94. The minimum absolute atomic E-state index is 0. The molecule has 1 aliphatic rings. The van der Waals surface area contributed by atoms with Gasteiger partial charge in [0.2, 0.25) is 0 Å². The van der Waals surface area contributed by atoms with Gasteiger partial charge in [0.25, 0.3) is 0 Å². The Hall–Kier alpha value is -2.24. The standard InChI is InChI=1S/C21H26N4O.H2/c1-16-12-20(17-8-4-2-5-9-17)23-21-13-19(24-25(16)21)14-26-15-22-18-10-6-3-7-11-18;/h2,4-5,8-9,12-13,18,22H,3,6-7,10-11,14-15H2,1H3;1H. The van der Waals surface area contributed by atoms with Gasteiger partial charge in [0.15, 0.2) is 5.65 Å². The summed E-state index contributed by atoms with van der Waals surface area (Å²) in [5, 5.41) is 8.13. The molecule has 1 N–H and O–H groups in total. The lowest BCUT2D eigenvalue weighted by molar-refractivity contribution is 0.0885. The largest absolute Gasteiger partial charge is 0.360 e. The minimum Gasteiger partial charge on any atom is -0.360 e. The first-order valence-electron chi connectivity index (χ1n) is 9.52. The Balaban J connectivity index is 0.00000210. The van der Waals surface area contributed by atoms with E-state index in [0.29, 0.717) is 19.4 Å². The van der Waals surface area contributed by atoms with E-state index in [2.05, 4.69) is 35.5 Å². The lowest BCUT2D eigenvalue weighted by Gasteiger charge is -2.22. The molecule has 5 nitrogen and oxygen atoms in total. The monoisotopic (exact) mass is 352 g/mol. The highest BCUT2D eigenvalue weighted by Gasteiger charge is 2.12. The summed E-state index contributed by atoms with van der Waals surface area (Å²) in [5.74, 6) is 0. The first kappa shape index (κ1) is 17.2. The molecule has 0 atom stereocenters. The number of hydrogen-bond donors (Lipinski definition) is 1. The SMILES string of the molecule is Cc1cc(-c2ccccc2)nc2cc(COCNC3CCCCC3)nn12.[HH]. The summed E-state index contributed by atoms with van der Waals surface area (Å²) < 4.78 is 7.68. The van der Waals surface area contributed by atoms with Crippen LogP contribution >= 0.6 is 0 Å². The number of nitrogens with one attached hydrogen (secondary N) is 1. The fraction of sp³-hybridized carbons (Fsp3) is 0.429. The van der Waals surface area contributed by atoms with Gasteiger partial charge in [0.05, 0.1) is 24.7 Å². The van der Waals surface area contributed by atoms with Gasteiger partial charge >= 0.3 is 0 Å². The van der Waals surface area contributed by atoms with E-state index in [4.69, 9.17) is 9.72 Å². The molecule has 0 spiro atoms. The summed E-state index contributed by atoms with van der Waals surface area (Å²) >= 11 is 0. The zero-order valence-corrected chi connectivity index (χ0v) is 15.3. The summed E-state index contributed by atoms with van der Waals surface area (Å²) in [7, 11) is 0. The van der Waals surface area contributed by atoms with Crippen LogP contribution in [0.25, 0.3) is 16.9 Å². The lowest BCUT2D eigenvalue weighted by atomic mass is 9.96. The van der Waals surface area contributed by atoms with Gasteiger partial charge < -0.3 is 4.74 Å². The number of aromatic nitrogens is 3. The van der Waals surface area contributed by atoms with Gasteiger partial charge in [-0.3, -0.25) is 5.32 Å². The van der Waals surface area contributed by atoms with E-state index in [9.17, 15) is 0 Å². The maximum Gasteiger partial charge on any atom is 0.156 e. The zero-order chi connectivity index (χ0) is 17.8. The summed E-state index contributed by atoms with van der Waals surface area (Å²) in [5.41, 5.74) is 4.94. The molecule has 1 saturated carbocycles. The van der Waals surface area contributed by atoms with Crippen molar-refractivity contribution >= 4 is 5.65 Å². The van der Waals surface area contributed by atoms with E-state index >= 15 is 0 Å². The summed E-state index contributed by atoms with van der Waals surface area (Å²) in [6.07, 6.45) is 6.57. The van der Waals surface area contributed by atoms with Crippen molar-refractivity contribution in [1.29, 1.82) is 0 Å². The molecule has 4 rings (SSSR count). The van der Waals surface area contributed by atoms with Crippen LogP contribution in [0.5, 0.6) is 0 Å². The van der Waals surface area contributed by atoms with Gasteiger partial charge in [-0.25, -0.2) is 9.50 Å². The zero-order valence-electron chi connectivity index (χ0n) is 15.3. The Labute approximate surface area is 155 Å². The average Bonchev–Trinajstić information content (AvgIpc) is 3.10. The van der Waals surface area contributed by atoms with Crippen LogP contribution in [0.4, 0.5) is 0 Å². The second-order valence-corrected chi connectivity index (χ2v) is 7.09. The molecule has 1 aromatic carbocycles. The van der Waals surface area contributed by atoms with Gasteiger partial charge in [0.1, 0.15) is 0 Å². The van der Waals surface area contributed by atoms with E-state index in [0.717, 1.165) is 28.3 Å². The van der Waals surface area contributed by atoms with Gasteiger partial charge in [0, 0.05) is 24.8 Å². The lowest BCUT2D eigenvalue weighted by Crippen LogP contribution is -2.32. The van der Waals surface area contributed by atoms with Crippen LogP contribution in [0.3, 0.4) is 0 Å². The third-order valence-electron chi connectivity index (χ3n) is 5.05. The second-order valence-electron chi connectivity index (χ2n) is 7.09. The van der Waals surface area contributed by atoms with Crippen molar-refractivity contribution in [3.8, 4) is 11.3 Å². The summed E-state index contributed by atoms with van der Waals surface area (Å²) in [6.45, 7) is 3.15. The molecule has 138 valence electrons. The number of hydrogen-bond acceptors (Lipinski definition) is 4. The van der Waals surface area contributed by atoms with Crippen LogP contribution in [0, 0.1) is 6.92 Å². The van der Waals surface area contributed by atoms with Crippen LogP contribution in [0.2, 0.25) is 0 Å². The van der Waals surface area contributed by atoms with E-state index in [1.54, 1.807) is 0 Å². The molecule has 0 amide bonds. The number of aryl methyl sites for hydroxylation is 1. The molecule has 0 saturated heterocycles. The normalized spacial score (nSPS) is 15.6. The van der Waals surface area contributed by atoms with Crippen LogP contribution in [0.1, 0.15) is 44.9 Å². The molecule has 0 radical (unpaired) electrons. The third-order valence-corrected chi connectivity index (χ3v) is 5.05. The predicted molar refractivity (Wildman–Crippen MR) is 105 cm³/mol. The highest BCUT2D eigenvalue weighted by atomic mass is 16.5. The number of ether oxygens (including phenoxy) is 1.